The molecule has 1 N–H and O–H groups in total. The Morgan fingerprint density at radius 1 is 1.16 bits per heavy atom. The molecule has 1 amide bonds. The van der Waals surface area contributed by atoms with Crippen molar-refractivity contribution in [3.8, 4) is 17.0 Å². The first-order chi connectivity index (χ1) is 15.0. The lowest BCUT2D eigenvalue weighted by Crippen LogP contribution is -2.34. The van der Waals surface area contributed by atoms with Gasteiger partial charge in [-0.3, -0.25) is 9.59 Å². The van der Waals surface area contributed by atoms with Crippen LogP contribution in [0.15, 0.2) is 65.7 Å². The molecule has 4 rings (SSSR count). The number of ether oxygens (including phenoxy) is 1. The number of benzene rings is 2. The third kappa shape index (κ3) is 4.59. The van der Waals surface area contributed by atoms with Crippen LogP contribution in [0, 0.1) is 0 Å². The molecule has 2 aromatic heterocycles. The fourth-order valence-electron chi connectivity index (χ4n) is 3.11. The van der Waals surface area contributed by atoms with Gasteiger partial charge in [0.1, 0.15) is 24.1 Å². The van der Waals surface area contributed by atoms with Crippen LogP contribution in [0.5, 0.6) is 5.75 Å². The minimum Gasteiger partial charge on any atom is -0.494 e. The number of carbonyl (C=O) groups is 1. The van der Waals surface area contributed by atoms with Crippen LogP contribution in [0.1, 0.15) is 12.5 Å². The lowest BCUT2D eigenvalue weighted by Gasteiger charge is -2.08. The Balaban J connectivity index is 1.50. The van der Waals surface area contributed by atoms with E-state index in [2.05, 4.69) is 15.5 Å². The van der Waals surface area contributed by atoms with Gasteiger partial charge in [-0.25, -0.2) is 9.20 Å². The Morgan fingerprint density at radius 2 is 1.94 bits per heavy atom. The topological polar surface area (TPSA) is 90.5 Å². The summed E-state index contributed by atoms with van der Waals surface area (Å²) in [4.78, 5) is 25.1. The fourth-order valence-corrected chi connectivity index (χ4v) is 3.31. The summed E-state index contributed by atoms with van der Waals surface area (Å²) >= 11 is 6.10. The van der Waals surface area contributed by atoms with Gasteiger partial charge >= 0.3 is 0 Å². The Hall–Kier alpha value is -3.65. The molecule has 0 unspecified atom stereocenters. The molecular weight excluding hydrogens is 418 g/mol. The summed E-state index contributed by atoms with van der Waals surface area (Å²) in [5, 5.41) is 11.8. The van der Waals surface area contributed by atoms with E-state index in [4.69, 9.17) is 16.3 Å². The molecule has 0 saturated carbocycles. The van der Waals surface area contributed by atoms with E-state index >= 15 is 0 Å². The van der Waals surface area contributed by atoms with Crippen molar-refractivity contribution in [3.63, 3.8) is 0 Å². The molecule has 0 radical (unpaired) electrons. The monoisotopic (exact) mass is 437 g/mol. The van der Waals surface area contributed by atoms with E-state index in [1.807, 2.05) is 49.4 Å². The molecule has 0 aliphatic rings. The molecule has 0 atom stereocenters. The third-order valence-corrected chi connectivity index (χ3v) is 5.05. The van der Waals surface area contributed by atoms with Crippen molar-refractivity contribution < 1.29 is 9.53 Å². The predicted molar refractivity (Wildman–Crippen MR) is 117 cm³/mol. The van der Waals surface area contributed by atoms with Crippen molar-refractivity contribution >= 4 is 23.0 Å². The van der Waals surface area contributed by atoms with E-state index in [-0.39, 0.29) is 19.0 Å². The molecule has 0 spiro atoms. The molecule has 0 aliphatic heterocycles. The molecule has 0 bridgehead atoms. The summed E-state index contributed by atoms with van der Waals surface area (Å²) in [6.45, 7) is 2.57. The zero-order valence-corrected chi connectivity index (χ0v) is 17.5. The standard InChI is InChI=1S/C22H20ClN5O3/c1-2-31-17-9-7-15(8-10-17)19-11-20-22(30)27(25-14-28(20)26-19)13-21(29)24-12-16-5-3-4-6-18(16)23/h3-11,14H,2,12-13H2,1H3,(H,24,29). The smallest absolute Gasteiger partial charge is 0.293 e. The van der Waals surface area contributed by atoms with Crippen LogP contribution in [0.3, 0.4) is 0 Å². The highest BCUT2D eigenvalue weighted by atomic mass is 35.5. The number of aromatic nitrogens is 4. The van der Waals surface area contributed by atoms with Crippen molar-refractivity contribution in [1.29, 1.82) is 0 Å². The van der Waals surface area contributed by atoms with E-state index in [1.54, 1.807) is 12.1 Å². The van der Waals surface area contributed by atoms with E-state index in [0.29, 0.717) is 22.8 Å². The van der Waals surface area contributed by atoms with E-state index in [0.717, 1.165) is 21.6 Å². The molecule has 0 fully saturated rings. The molecule has 31 heavy (non-hydrogen) atoms. The van der Waals surface area contributed by atoms with Gasteiger partial charge in [0.2, 0.25) is 5.91 Å². The number of halogens is 1. The number of nitrogens with zero attached hydrogens (tertiary/aromatic N) is 4. The number of carbonyl (C=O) groups excluding carboxylic acids is 1. The second-order valence-electron chi connectivity index (χ2n) is 6.78. The maximum absolute atomic E-state index is 12.8. The average Bonchev–Trinajstić information content (AvgIpc) is 3.21. The normalized spacial score (nSPS) is 10.9. The Morgan fingerprint density at radius 3 is 2.68 bits per heavy atom. The van der Waals surface area contributed by atoms with Gasteiger partial charge in [0, 0.05) is 17.1 Å². The highest BCUT2D eigenvalue weighted by molar-refractivity contribution is 6.31. The molecule has 2 heterocycles. The molecule has 2 aromatic carbocycles. The van der Waals surface area contributed by atoms with Crippen LogP contribution in [0.2, 0.25) is 5.02 Å². The summed E-state index contributed by atoms with van der Waals surface area (Å²) in [5.41, 5.74) is 2.19. The fraction of sp³-hybridized carbons (Fsp3) is 0.182. The summed E-state index contributed by atoms with van der Waals surface area (Å²) in [7, 11) is 0. The summed E-state index contributed by atoms with van der Waals surface area (Å²) in [5.74, 6) is 0.423. The molecule has 158 valence electrons. The molecule has 8 nitrogen and oxygen atoms in total. The second-order valence-corrected chi connectivity index (χ2v) is 7.19. The first-order valence-corrected chi connectivity index (χ1v) is 10.1. The van der Waals surface area contributed by atoms with Gasteiger partial charge in [0.15, 0.2) is 0 Å². The summed E-state index contributed by atoms with van der Waals surface area (Å²) in [6, 6.07) is 16.4. The average molecular weight is 438 g/mol. The molecule has 4 aromatic rings. The number of hydrogen-bond donors (Lipinski definition) is 1. The van der Waals surface area contributed by atoms with Crippen molar-refractivity contribution in [2.45, 2.75) is 20.0 Å². The summed E-state index contributed by atoms with van der Waals surface area (Å²) in [6.07, 6.45) is 1.41. The lowest BCUT2D eigenvalue weighted by atomic mass is 10.1. The van der Waals surface area contributed by atoms with Crippen molar-refractivity contribution in [2.24, 2.45) is 0 Å². The Kier molecular flexibility index (Phi) is 5.99. The van der Waals surface area contributed by atoms with Gasteiger partial charge in [-0.15, -0.1) is 0 Å². The maximum Gasteiger partial charge on any atom is 0.293 e. The third-order valence-electron chi connectivity index (χ3n) is 4.68. The number of hydrogen-bond acceptors (Lipinski definition) is 5. The predicted octanol–water partition coefficient (Wildman–Crippen LogP) is 2.93. The van der Waals surface area contributed by atoms with Gasteiger partial charge in [-0.2, -0.15) is 10.2 Å². The maximum atomic E-state index is 12.8. The van der Waals surface area contributed by atoms with E-state index < -0.39 is 5.56 Å². The van der Waals surface area contributed by atoms with Crippen molar-refractivity contribution in [3.05, 3.63) is 81.9 Å². The molecular formula is C22H20ClN5O3. The molecule has 9 heteroatoms. The van der Waals surface area contributed by atoms with Gasteiger partial charge in [-0.1, -0.05) is 29.8 Å². The largest absolute Gasteiger partial charge is 0.494 e. The highest BCUT2D eigenvalue weighted by Crippen LogP contribution is 2.21. The highest BCUT2D eigenvalue weighted by Gasteiger charge is 2.13. The van der Waals surface area contributed by atoms with Gasteiger partial charge in [-0.05, 0) is 48.9 Å². The SMILES string of the molecule is CCOc1ccc(-c2cc3c(=O)n(CC(=O)NCc4ccccc4Cl)ncn3n2)cc1. The van der Waals surface area contributed by atoms with E-state index in [1.165, 1.54) is 10.8 Å². The Labute approximate surface area is 183 Å². The summed E-state index contributed by atoms with van der Waals surface area (Å²) < 4.78 is 7.97. The van der Waals surface area contributed by atoms with Gasteiger partial charge in [0.05, 0.1) is 12.3 Å². The minimum absolute atomic E-state index is 0.205. The van der Waals surface area contributed by atoms with Crippen LogP contribution in [0.4, 0.5) is 0 Å². The number of rotatable bonds is 7. The van der Waals surface area contributed by atoms with Gasteiger partial charge in [0.25, 0.3) is 5.56 Å². The first-order valence-electron chi connectivity index (χ1n) is 9.74. The van der Waals surface area contributed by atoms with Crippen LogP contribution < -0.4 is 15.6 Å². The van der Waals surface area contributed by atoms with Crippen LogP contribution >= 0.6 is 11.6 Å². The number of nitrogens with one attached hydrogen (secondary N) is 1. The number of amides is 1. The second kappa shape index (κ2) is 9.01. The zero-order valence-electron chi connectivity index (χ0n) is 16.8. The van der Waals surface area contributed by atoms with Crippen molar-refractivity contribution in [1.82, 2.24) is 24.7 Å². The van der Waals surface area contributed by atoms with Crippen molar-refractivity contribution in [2.75, 3.05) is 6.61 Å². The molecule has 0 aliphatic carbocycles. The Bertz CT molecular complexity index is 1280. The number of fused-ring (bicyclic) bond motifs is 1. The first kappa shape index (κ1) is 20.6. The van der Waals surface area contributed by atoms with Gasteiger partial charge < -0.3 is 10.1 Å². The zero-order chi connectivity index (χ0) is 21.8. The molecule has 0 saturated heterocycles. The van der Waals surface area contributed by atoms with Crippen LogP contribution in [-0.2, 0) is 17.9 Å². The van der Waals surface area contributed by atoms with Crippen LogP contribution in [-0.4, -0.2) is 31.9 Å². The lowest BCUT2D eigenvalue weighted by molar-refractivity contribution is -0.122. The quantitative estimate of drug-likeness (QED) is 0.480. The van der Waals surface area contributed by atoms with E-state index in [9.17, 15) is 9.59 Å². The van der Waals surface area contributed by atoms with Crippen LogP contribution in [0.25, 0.3) is 16.8 Å². The minimum atomic E-state index is -0.403.